The first-order valence-corrected chi connectivity index (χ1v) is 10.2. The monoisotopic (exact) mass is 443 g/mol. The predicted molar refractivity (Wildman–Crippen MR) is 112 cm³/mol. The summed E-state index contributed by atoms with van der Waals surface area (Å²) in [7, 11) is 0. The summed E-state index contributed by atoms with van der Waals surface area (Å²) < 4.78 is 20.6. The molecule has 1 amide bonds. The average Bonchev–Trinajstić information content (AvgIpc) is 3.36. The zero-order valence-electron chi connectivity index (χ0n) is 15.7. The Morgan fingerprint density at radius 3 is 2.80 bits per heavy atom. The van der Waals surface area contributed by atoms with Gasteiger partial charge in [-0.3, -0.25) is 4.79 Å². The summed E-state index contributed by atoms with van der Waals surface area (Å²) in [6.45, 7) is 1.91. The number of nitrogens with zero attached hydrogens (tertiary/aromatic N) is 4. The first-order chi connectivity index (χ1) is 14.5. The van der Waals surface area contributed by atoms with E-state index in [1.165, 1.54) is 18.2 Å². The highest BCUT2D eigenvalue weighted by Crippen LogP contribution is 2.27. The smallest absolute Gasteiger partial charge is 0.277 e. The Labute approximate surface area is 180 Å². The molecule has 10 heteroatoms. The van der Waals surface area contributed by atoms with E-state index in [0.29, 0.717) is 17.1 Å². The number of thioether (sulfide) groups is 1. The second kappa shape index (κ2) is 8.68. The van der Waals surface area contributed by atoms with Crippen molar-refractivity contribution in [2.75, 3.05) is 11.1 Å². The number of carbonyl (C=O) groups excluding carboxylic acids is 1. The normalized spacial score (nSPS) is 10.9. The molecule has 0 atom stereocenters. The number of carbonyl (C=O) groups is 1. The van der Waals surface area contributed by atoms with Crippen molar-refractivity contribution in [1.29, 1.82) is 0 Å². The SMILES string of the molecule is Cc1c(-c2nnc(SCC(=O)Nc3ccc(F)c(Cl)c3)o2)cnn1-c1ccccc1. The van der Waals surface area contributed by atoms with Gasteiger partial charge in [0.05, 0.1) is 33.9 Å². The van der Waals surface area contributed by atoms with Crippen molar-refractivity contribution in [3.63, 3.8) is 0 Å². The maximum absolute atomic E-state index is 13.2. The number of rotatable bonds is 6. The van der Waals surface area contributed by atoms with Gasteiger partial charge in [-0.2, -0.15) is 5.10 Å². The van der Waals surface area contributed by atoms with Crippen molar-refractivity contribution in [2.45, 2.75) is 12.1 Å². The van der Waals surface area contributed by atoms with E-state index in [2.05, 4.69) is 20.6 Å². The fraction of sp³-hybridized carbons (Fsp3) is 0.100. The lowest BCUT2D eigenvalue weighted by molar-refractivity contribution is -0.113. The third-order valence-electron chi connectivity index (χ3n) is 4.18. The molecule has 0 saturated carbocycles. The molecule has 0 aliphatic carbocycles. The summed E-state index contributed by atoms with van der Waals surface area (Å²) in [6.07, 6.45) is 1.66. The number of aromatic nitrogens is 4. The van der Waals surface area contributed by atoms with E-state index in [4.69, 9.17) is 16.0 Å². The van der Waals surface area contributed by atoms with Crippen molar-refractivity contribution >= 4 is 35.0 Å². The molecule has 4 rings (SSSR count). The summed E-state index contributed by atoms with van der Waals surface area (Å²) in [4.78, 5) is 12.1. The van der Waals surface area contributed by atoms with Crippen LogP contribution < -0.4 is 5.32 Å². The minimum atomic E-state index is -0.548. The second-order valence-electron chi connectivity index (χ2n) is 6.23. The van der Waals surface area contributed by atoms with Crippen molar-refractivity contribution < 1.29 is 13.6 Å². The zero-order valence-corrected chi connectivity index (χ0v) is 17.2. The Balaban J connectivity index is 1.40. The van der Waals surface area contributed by atoms with Gasteiger partial charge >= 0.3 is 0 Å². The van der Waals surface area contributed by atoms with Crippen LogP contribution in [0.5, 0.6) is 0 Å². The van der Waals surface area contributed by atoms with Crippen LogP contribution in [0.3, 0.4) is 0 Å². The highest BCUT2D eigenvalue weighted by Gasteiger charge is 2.17. The lowest BCUT2D eigenvalue weighted by atomic mass is 10.2. The van der Waals surface area contributed by atoms with E-state index in [1.807, 2.05) is 37.3 Å². The minimum absolute atomic E-state index is 0.0406. The molecule has 0 saturated heterocycles. The number of amides is 1. The maximum atomic E-state index is 13.2. The molecule has 0 fully saturated rings. The van der Waals surface area contributed by atoms with Crippen LogP contribution in [0.25, 0.3) is 17.1 Å². The number of anilines is 1. The standard InChI is InChI=1S/C20H15ClFN5O2S/c1-12-15(10-23-27(12)14-5-3-2-4-6-14)19-25-26-20(29-19)30-11-18(28)24-13-7-8-17(22)16(21)9-13/h2-10H,11H2,1H3,(H,24,28). The Morgan fingerprint density at radius 2 is 2.03 bits per heavy atom. The number of nitrogens with one attached hydrogen (secondary N) is 1. The van der Waals surface area contributed by atoms with E-state index in [1.54, 1.807) is 10.9 Å². The molecule has 0 aliphatic heterocycles. The van der Waals surface area contributed by atoms with Gasteiger partial charge in [-0.25, -0.2) is 9.07 Å². The summed E-state index contributed by atoms with van der Waals surface area (Å²) in [6, 6.07) is 13.7. The summed E-state index contributed by atoms with van der Waals surface area (Å²) in [5, 5.41) is 15.2. The molecule has 0 radical (unpaired) electrons. The van der Waals surface area contributed by atoms with Crippen LogP contribution in [-0.4, -0.2) is 31.6 Å². The maximum Gasteiger partial charge on any atom is 0.277 e. The molecule has 0 spiro atoms. The molecular weight excluding hydrogens is 429 g/mol. The molecule has 0 bridgehead atoms. The molecule has 152 valence electrons. The van der Waals surface area contributed by atoms with Crippen LogP contribution in [0, 0.1) is 12.7 Å². The van der Waals surface area contributed by atoms with Gasteiger partial charge < -0.3 is 9.73 Å². The Bertz CT molecular complexity index is 1200. The second-order valence-corrected chi connectivity index (χ2v) is 7.56. The van der Waals surface area contributed by atoms with E-state index >= 15 is 0 Å². The summed E-state index contributed by atoms with van der Waals surface area (Å²) in [5.41, 5.74) is 2.89. The number of hydrogen-bond donors (Lipinski definition) is 1. The molecule has 1 N–H and O–H groups in total. The molecule has 7 nitrogen and oxygen atoms in total. The van der Waals surface area contributed by atoms with Gasteiger partial charge in [0.2, 0.25) is 5.91 Å². The molecule has 4 aromatic rings. The summed E-state index contributed by atoms with van der Waals surface area (Å²) in [5.74, 6) is -0.495. The van der Waals surface area contributed by atoms with Crippen molar-refractivity contribution in [3.8, 4) is 17.1 Å². The zero-order chi connectivity index (χ0) is 21.1. The topological polar surface area (TPSA) is 85.8 Å². The van der Waals surface area contributed by atoms with Crippen LogP contribution in [0.2, 0.25) is 5.02 Å². The number of hydrogen-bond acceptors (Lipinski definition) is 6. The van der Waals surface area contributed by atoms with Gasteiger partial charge in [0, 0.05) is 5.69 Å². The van der Waals surface area contributed by atoms with Gasteiger partial charge in [-0.1, -0.05) is 41.6 Å². The van der Waals surface area contributed by atoms with Crippen molar-refractivity contribution in [3.05, 3.63) is 71.3 Å². The largest absolute Gasteiger partial charge is 0.411 e. The van der Waals surface area contributed by atoms with Crippen LogP contribution >= 0.6 is 23.4 Å². The van der Waals surface area contributed by atoms with Gasteiger partial charge in [0.25, 0.3) is 11.1 Å². The lowest BCUT2D eigenvalue weighted by Gasteiger charge is -2.04. The number of para-hydroxylation sites is 1. The van der Waals surface area contributed by atoms with Crippen LogP contribution in [-0.2, 0) is 4.79 Å². The van der Waals surface area contributed by atoms with Crippen molar-refractivity contribution in [1.82, 2.24) is 20.0 Å². The van der Waals surface area contributed by atoms with Gasteiger partial charge in [-0.15, -0.1) is 10.2 Å². The van der Waals surface area contributed by atoms with Gasteiger partial charge in [0.1, 0.15) is 5.82 Å². The van der Waals surface area contributed by atoms with E-state index in [9.17, 15) is 9.18 Å². The molecule has 0 aliphatic rings. The van der Waals surface area contributed by atoms with E-state index < -0.39 is 5.82 Å². The van der Waals surface area contributed by atoms with Crippen LogP contribution in [0.1, 0.15) is 5.69 Å². The molecule has 0 unspecified atom stereocenters. The molecular formula is C20H15ClFN5O2S. The molecule has 2 aromatic heterocycles. The minimum Gasteiger partial charge on any atom is -0.411 e. The third-order valence-corrected chi connectivity index (χ3v) is 5.29. The quantitative estimate of drug-likeness (QED) is 0.432. The first-order valence-electron chi connectivity index (χ1n) is 8.83. The first kappa shape index (κ1) is 20.1. The highest BCUT2D eigenvalue weighted by atomic mass is 35.5. The fourth-order valence-corrected chi connectivity index (χ4v) is 3.47. The van der Waals surface area contributed by atoms with Gasteiger partial charge in [-0.05, 0) is 37.3 Å². The van der Waals surface area contributed by atoms with Crippen LogP contribution in [0.4, 0.5) is 10.1 Å². The number of benzene rings is 2. The van der Waals surface area contributed by atoms with Crippen molar-refractivity contribution in [2.24, 2.45) is 0 Å². The fourth-order valence-electron chi connectivity index (χ4n) is 2.72. The predicted octanol–water partition coefficient (Wildman–Crippen LogP) is 4.75. The lowest BCUT2D eigenvalue weighted by Crippen LogP contribution is -2.14. The summed E-state index contributed by atoms with van der Waals surface area (Å²) >= 11 is 6.81. The highest BCUT2D eigenvalue weighted by molar-refractivity contribution is 7.99. The third kappa shape index (κ3) is 4.37. The van der Waals surface area contributed by atoms with E-state index in [0.717, 1.165) is 23.1 Å². The van der Waals surface area contributed by atoms with E-state index in [-0.39, 0.29) is 21.9 Å². The van der Waals surface area contributed by atoms with Crippen LogP contribution in [0.15, 0.2) is 64.4 Å². The Morgan fingerprint density at radius 1 is 1.23 bits per heavy atom. The Hall–Kier alpha value is -3.17. The molecule has 2 aromatic carbocycles. The average molecular weight is 444 g/mol. The number of halogens is 2. The van der Waals surface area contributed by atoms with Gasteiger partial charge in [0.15, 0.2) is 0 Å². The Kier molecular flexibility index (Phi) is 5.82. The molecule has 30 heavy (non-hydrogen) atoms. The molecule has 2 heterocycles.